The molecule has 0 radical (unpaired) electrons. The van der Waals surface area contributed by atoms with Crippen LogP contribution in [0.15, 0.2) is 35.3 Å². The largest absolute Gasteiger partial charge is 0.461 e. The first-order valence-corrected chi connectivity index (χ1v) is 11.1. The van der Waals surface area contributed by atoms with Gasteiger partial charge in [-0.3, -0.25) is 9.47 Å². The number of benzene rings is 1. The van der Waals surface area contributed by atoms with Crippen molar-refractivity contribution in [3.05, 3.63) is 52.1 Å². The minimum absolute atomic E-state index is 0.213. The van der Waals surface area contributed by atoms with Crippen molar-refractivity contribution >= 4 is 11.2 Å². The molecule has 9 heteroatoms. The van der Waals surface area contributed by atoms with Gasteiger partial charge in [-0.25, -0.2) is 9.78 Å². The van der Waals surface area contributed by atoms with Gasteiger partial charge < -0.3 is 19.2 Å². The molecule has 2 saturated heterocycles. The predicted molar refractivity (Wildman–Crippen MR) is 119 cm³/mol. The van der Waals surface area contributed by atoms with Crippen LogP contribution in [-0.4, -0.2) is 71.0 Å². The van der Waals surface area contributed by atoms with E-state index in [0.717, 1.165) is 38.4 Å². The molecule has 2 fully saturated rings. The number of methoxy groups -OCH3 is 1. The molecule has 0 saturated carbocycles. The molecule has 1 aromatic carbocycles. The molecule has 3 aromatic rings. The zero-order valence-electron chi connectivity index (χ0n) is 18.4. The molecule has 0 bridgehead atoms. The summed E-state index contributed by atoms with van der Waals surface area (Å²) in [7, 11) is 1.61. The quantitative estimate of drug-likeness (QED) is 0.535. The maximum absolute atomic E-state index is 12.5. The molecule has 2 aromatic heterocycles. The second kappa shape index (κ2) is 9.01. The first-order valence-electron chi connectivity index (χ1n) is 11.1. The Hall–Kier alpha value is -2.75. The van der Waals surface area contributed by atoms with Gasteiger partial charge in [0.25, 0.3) is 0 Å². The lowest BCUT2D eigenvalue weighted by Crippen LogP contribution is -2.50. The van der Waals surface area contributed by atoms with E-state index < -0.39 is 0 Å². The number of ether oxygens (including phenoxy) is 3. The summed E-state index contributed by atoms with van der Waals surface area (Å²) in [5.74, 6) is 0. The topological polar surface area (TPSA) is 94.5 Å². The number of aromatic nitrogens is 4. The molecule has 1 spiro atoms. The summed E-state index contributed by atoms with van der Waals surface area (Å²) in [6, 6.07) is 8.71. The van der Waals surface area contributed by atoms with E-state index >= 15 is 0 Å². The highest BCUT2D eigenvalue weighted by atomic mass is 16.5. The molecule has 0 aliphatic carbocycles. The third kappa shape index (κ3) is 4.41. The van der Waals surface area contributed by atoms with Crippen molar-refractivity contribution in [2.45, 2.75) is 25.9 Å². The van der Waals surface area contributed by atoms with Crippen molar-refractivity contribution in [3.8, 4) is 6.01 Å². The van der Waals surface area contributed by atoms with Gasteiger partial charge in [-0.05, 0) is 37.1 Å². The Labute approximate surface area is 186 Å². The molecular weight excluding hydrogens is 410 g/mol. The van der Waals surface area contributed by atoms with E-state index in [1.165, 1.54) is 18.4 Å². The zero-order chi connectivity index (χ0) is 22.0. The number of piperidine rings is 1. The molecule has 0 atom stereocenters. The number of nitrogens with zero attached hydrogens (tertiary/aromatic N) is 4. The minimum Gasteiger partial charge on any atom is -0.461 e. The van der Waals surface area contributed by atoms with Crippen LogP contribution in [0, 0.1) is 5.41 Å². The van der Waals surface area contributed by atoms with Crippen LogP contribution in [0.1, 0.15) is 24.0 Å². The van der Waals surface area contributed by atoms with Gasteiger partial charge in [0.05, 0.1) is 32.6 Å². The molecule has 1 N–H and O–H groups in total. The first kappa shape index (κ1) is 21.1. The smallest absolute Gasteiger partial charge is 0.328 e. The van der Waals surface area contributed by atoms with Gasteiger partial charge >= 0.3 is 11.7 Å². The lowest BCUT2D eigenvalue weighted by Gasteiger charge is -2.47. The molecule has 4 heterocycles. The monoisotopic (exact) mass is 439 g/mol. The Morgan fingerprint density at radius 2 is 1.81 bits per heavy atom. The van der Waals surface area contributed by atoms with Crippen LogP contribution >= 0.6 is 0 Å². The minimum atomic E-state index is -0.213. The van der Waals surface area contributed by atoms with Gasteiger partial charge in [-0.15, -0.1) is 0 Å². The first-order chi connectivity index (χ1) is 15.6. The fourth-order valence-corrected chi connectivity index (χ4v) is 4.42. The highest BCUT2D eigenvalue weighted by Gasteiger charge is 2.40. The number of hydrogen-bond donors (Lipinski definition) is 1. The summed E-state index contributed by atoms with van der Waals surface area (Å²) in [5, 5.41) is 0. The number of likely N-dealkylation sites (tertiary alicyclic amines) is 1. The normalized spacial score (nSPS) is 18.2. The van der Waals surface area contributed by atoms with Crippen LogP contribution in [-0.2, 0) is 22.6 Å². The third-order valence-corrected chi connectivity index (χ3v) is 6.51. The summed E-state index contributed by atoms with van der Waals surface area (Å²) in [6.45, 7) is 6.32. The van der Waals surface area contributed by atoms with Crippen molar-refractivity contribution in [1.29, 1.82) is 0 Å². The lowest BCUT2D eigenvalue weighted by molar-refractivity contribution is -0.140. The Morgan fingerprint density at radius 1 is 1.09 bits per heavy atom. The van der Waals surface area contributed by atoms with Crippen molar-refractivity contribution in [2.24, 2.45) is 5.41 Å². The summed E-state index contributed by atoms with van der Waals surface area (Å²) >= 11 is 0. The molecular formula is C23H29N5O4. The average Bonchev–Trinajstić information content (AvgIpc) is 3.09. The second-order valence-electron chi connectivity index (χ2n) is 8.83. The van der Waals surface area contributed by atoms with E-state index in [2.05, 4.69) is 44.1 Å². The van der Waals surface area contributed by atoms with Gasteiger partial charge in [-0.2, -0.15) is 4.98 Å². The molecule has 0 amide bonds. The van der Waals surface area contributed by atoms with E-state index in [-0.39, 0.29) is 11.7 Å². The number of rotatable bonds is 8. The molecule has 2 aliphatic heterocycles. The Morgan fingerprint density at radius 3 is 2.47 bits per heavy atom. The maximum atomic E-state index is 12.5. The van der Waals surface area contributed by atoms with Crippen molar-refractivity contribution in [2.75, 3.05) is 46.6 Å². The van der Waals surface area contributed by atoms with Crippen LogP contribution in [0.25, 0.3) is 11.2 Å². The number of H-pyrrole nitrogens is 1. The van der Waals surface area contributed by atoms with Gasteiger partial charge in [0, 0.05) is 19.1 Å². The summed E-state index contributed by atoms with van der Waals surface area (Å²) in [4.78, 5) is 26.4. The summed E-state index contributed by atoms with van der Waals surface area (Å²) in [6.07, 6.45) is 4.03. The van der Waals surface area contributed by atoms with Crippen molar-refractivity contribution in [1.82, 2.24) is 24.4 Å². The fraction of sp³-hybridized carbons (Fsp3) is 0.522. The summed E-state index contributed by atoms with van der Waals surface area (Å²) < 4.78 is 17.5. The number of imidazole rings is 1. The maximum Gasteiger partial charge on any atom is 0.328 e. The Kier molecular flexibility index (Phi) is 5.95. The highest BCUT2D eigenvalue weighted by molar-refractivity contribution is 5.69. The van der Waals surface area contributed by atoms with Crippen molar-refractivity contribution < 1.29 is 14.2 Å². The molecule has 2 aliphatic rings. The van der Waals surface area contributed by atoms with Crippen molar-refractivity contribution in [3.63, 3.8) is 0 Å². The SMILES string of the molecule is COCCOc1ncc2[nH]c(=O)n(Cc3ccc(CN4CCC5(CC4)COC5)cc3)c2n1. The predicted octanol–water partition coefficient (Wildman–Crippen LogP) is 1.81. The highest BCUT2D eigenvalue weighted by Crippen LogP contribution is 2.38. The Balaban J connectivity index is 1.24. The van der Waals surface area contributed by atoms with E-state index in [1.54, 1.807) is 17.9 Å². The van der Waals surface area contributed by atoms with Gasteiger partial charge in [0.1, 0.15) is 12.1 Å². The number of aromatic amines is 1. The van der Waals surface area contributed by atoms with Crippen LogP contribution in [0.5, 0.6) is 6.01 Å². The van der Waals surface area contributed by atoms with Gasteiger partial charge in [0.15, 0.2) is 5.65 Å². The lowest BCUT2D eigenvalue weighted by atomic mass is 9.77. The zero-order valence-corrected chi connectivity index (χ0v) is 18.4. The van der Waals surface area contributed by atoms with E-state index in [0.29, 0.717) is 36.3 Å². The molecule has 0 unspecified atom stereocenters. The standard InChI is InChI=1S/C23H29N5O4/c1-30-10-11-32-21-24-12-19-20(26-21)28(22(29)25-19)14-18-4-2-17(3-5-18)13-27-8-6-23(7-9-27)15-31-16-23/h2-5,12H,6-11,13-16H2,1H3,(H,25,29). The molecule has 5 rings (SSSR count). The molecule has 170 valence electrons. The van der Waals surface area contributed by atoms with Crippen LogP contribution in [0.3, 0.4) is 0 Å². The fourth-order valence-electron chi connectivity index (χ4n) is 4.42. The van der Waals surface area contributed by atoms with Crippen LogP contribution in [0.2, 0.25) is 0 Å². The number of hydrogen-bond acceptors (Lipinski definition) is 7. The third-order valence-electron chi connectivity index (χ3n) is 6.51. The van der Waals surface area contributed by atoms with Crippen LogP contribution < -0.4 is 10.4 Å². The number of fused-ring (bicyclic) bond motifs is 1. The summed E-state index contributed by atoms with van der Waals surface area (Å²) in [5.41, 5.74) is 3.70. The van der Waals surface area contributed by atoms with Gasteiger partial charge in [0.2, 0.25) is 0 Å². The molecule has 9 nitrogen and oxygen atoms in total. The Bertz CT molecular complexity index is 1110. The van der Waals surface area contributed by atoms with Gasteiger partial charge in [-0.1, -0.05) is 24.3 Å². The second-order valence-corrected chi connectivity index (χ2v) is 8.83. The number of nitrogens with one attached hydrogen (secondary N) is 1. The average molecular weight is 440 g/mol. The van der Waals surface area contributed by atoms with Crippen LogP contribution in [0.4, 0.5) is 0 Å². The van der Waals surface area contributed by atoms with E-state index in [4.69, 9.17) is 14.2 Å². The van der Waals surface area contributed by atoms with E-state index in [1.807, 2.05) is 0 Å². The van der Waals surface area contributed by atoms with E-state index in [9.17, 15) is 4.79 Å². The molecule has 32 heavy (non-hydrogen) atoms.